The minimum Gasteiger partial charge on any atom is -0.507 e. The number of carbonyl (C=O) groups excluding carboxylic acids is 2. The molecule has 2 aliphatic rings. The molecule has 2 fully saturated rings. The number of nitrogens with zero attached hydrogens (tertiary/aromatic N) is 2. The van der Waals surface area contributed by atoms with E-state index in [0.29, 0.717) is 30.4 Å². The SMILES string of the molecule is O=C(Nc1ccc(C(=O)N2CCN(C3CCCC3)CC2)c(O)c1)c1cccc(Br)c1. The summed E-state index contributed by atoms with van der Waals surface area (Å²) in [5.41, 5.74) is 1.22. The first-order valence-electron chi connectivity index (χ1n) is 10.4. The van der Waals surface area contributed by atoms with E-state index in [1.54, 1.807) is 35.2 Å². The highest BCUT2D eigenvalue weighted by molar-refractivity contribution is 9.10. The van der Waals surface area contributed by atoms with Gasteiger partial charge in [0.05, 0.1) is 5.56 Å². The van der Waals surface area contributed by atoms with Crippen molar-refractivity contribution in [3.8, 4) is 5.75 Å². The van der Waals surface area contributed by atoms with Gasteiger partial charge in [-0.15, -0.1) is 0 Å². The van der Waals surface area contributed by atoms with Crippen molar-refractivity contribution in [3.63, 3.8) is 0 Å². The van der Waals surface area contributed by atoms with Crippen LogP contribution in [0.4, 0.5) is 5.69 Å². The van der Waals surface area contributed by atoms with Crippen LogP contribution in [0.5, 0.6) is 5.75 Å². The molecule has 0 radical (unpaired) electrons. The third-order valence-electron chi connectivity index (χ3n) is 6.02. The number of nitrogens with one attached hydrogen (secondary N) is 1. The van der Waals surface area contributed by atoms with Crippen molar-refractivity contribution < 1.29 is 14.7 Å². The van der Waals surface area contributed by atoms with Crippen LogP contribution in [-0.4, -0.2) is 58.9 Å². The number of hydrogen-bond acceptors (Lipinski definition) is 4. The van der Waals surface area contributed by atoms with Gasteiger partial charge >= 0.3 is 0 Å². The lowest BCUT2D eigenvalue weighted by Crippen LogP contribution is -2.51. The average molecular weight is 472 g/mol. The fraction of sp³-hybridized carbons (Fsp3) is 0.391. The summed E-state index contributed by atoms with van der Waals surface area (Å²) in [5, 5.41) is 13.2. The maximum atomic E-state index is 12.9. The molecule has 1 heterocycles. The number of rotatable bonds is 4. The highest BCUT2D eigenvalue weighted by Crippen LogP contribution is 2.27. The van der Waals surface area contributed by atoms with E-state index in [2.05, 4.69) is 26.1 Å². The summed E-state index contributed by atoms with van der Waals surface area (Å²) in [6, 6.07) is 12.4. The van der Waals surface area contributed by atoms with Crippen molar-refractivity contribution in [1.29, 1.82) is 0 Å². The lowest BCUT2D eigenvalue weighted by Gasteiger charge is -2.38. The number of anilines is 1. The number of phenols is 1. The Morgan fingerprint density at radius 2 is 1.73 bits per heavy atom. The third-order valence-corrected chi connectivity index (χ3v) is 6.51. The molecule has 0 unspecified atom stereocenters. The van der Waals surface area contributed by atoms with Gasteiger partial charge in [0.25, 0.3) is 11.8 Å². The summed E-state index contributed by atoms with van der Waals surface area (Å²) >= 11 is 3.35. The van der Waals surface area contributed by atoms with Gasteiger partial charge in [0.1, 0.15) is 5.75 Å². The van der Waals surface area contributed by atoms with E-state index in [-0.39, 0.29) is 23.1 Å². The summed E-state index contributed by atoms with van der Waals surface area (Å²) < 4.78 is 0.812. The molecule has 4 rings (SSSR count). The zero-order chi connectivity index (χ0) is 21.1. The monoisotopic (exact) mass is 471 g/mol. The molecule has 2 aromatic carbocycles. The second-order valence-electron chi connectivity index (χ2n) is 7.96. The minimum atomic E-state index is -0.280. The zero-order valence-electron chi connectivity index (χ0n) is 16.8. The highest BCUT2D eigenvalue weighted by Gasteiger charge is 2.29. The Bertz CT molecular complexity index is 935. The molecule has 0 bridgehead atoms. The maximum Gasteiger partial charge on any atom is 0.257 e. The van der Waals surface area contributed by atoms with Crippen LogP contribution in [0.3, 0.4) is 0 Å². The molecule has 0 aromatic heterocycles. The van der Waals surface area contributed by atoms with E-state index in [1.165, 1.54) is 31.7 Å². The molecule has 7 heteroatoms. The largest absolute Gasteiger partial charge is 0.507 e. The number of halogens is 1. The maximum absolute atomic E-state index is 12.9. The van der Waals surface area contributed by atoms with Crippen molar-refractivity contribution in [2.75, 3.05) is 31.5 Å². The first-order chi connectivity index (χ1) is 14.5. The summed E-state index contributed by atoms with van der Waals surface area (Å²) in [5.74, 6) is -0.563. The molecule has 30 heavy (non-hydrogen) atoms. The molecule has 0 spiro atoms. The van der Waals surface area contributed by atoms with Crippen LogP contribution in [0, 0.1) is 0 Å². The molecule has 158 valence electrons. The van der Waals surface area contributed by atoms with Gasteiger partial charge in [0.2, 0.25) is 0 Å². The van der Waals surface area contributed by atoms with E-state index in [9.17, 15) is 14.7 Å². The Labute approximate surface area is 185 Å². The Morgan fingerprint density at radius 3 is 2.40 bits per heavy atom. The van der Waals surface area contributed by atoms with Gasteiger partial charge in [0, 0.05) is 54.0 Å². The molecule has 1 aliphatic heterocycles. The van der Waals surface area contributed by atoms with Gasteiger partial charge in [-0.3, -0.25) is 14.5 Å². The lowest BCUT2D eigenvalue weighted by atomic mass is 10.1. The van der Waals surface area contributed by atoms with Crippen molar-refractivity contribution in [3.05, 3.63) is 58.1 Å². The van der Waals surface area contributed by atoms with Crippen molar-refractivity contribution in [2.24, 2.45) is 0 Å². The average Bonchev–Trinajstić information content (AvgIpc) is 3.28. The molecule has 1 saturated carbocycles. The highest BCUT2D eigenvalue weighted by atomic mass is 79.9. The molecule has 2 amide bonds. The Balaban J connectivity index is 1.38. The van der Waals surface area contributed by atoms with Crippen LogP contribution in [-0.2, 0) is 0 Å². The predicted molar refractivity (Wildman–Crippen MR) is 120 cm³/mol. The van der Waals surface area contributed by atoms with Gasteiger partial charge in [0.15, 0.2) is 0 Å². The Hall–Kier alpha value is -2.38. The van der Waals surface area contributed by atoms with Crippen LogP contribution < -0.4 is 5.32 Å². The fourth-order valence-corrected chi connectivity index (χ4v) is 4.75. The normalized spacial score (nSPS) is 17.8. The molecule has 2 aromatic rings. The van der Waals surface area contributed by atoms with E-state index < -0.39 is 0 Å². The number of carbonyl (C=O) groups is 2. The number of amides is 2. The summed E-state index contributed by atoms with van der Waals surface area (Å²) in [6.07, 6.45) is 5.15. The number of phenolic OH excluding ortho intramolecular Hbond substituents is 1. The Morgan fingerprint density at radius 1 is 1.00 bits per heavy atom. The van der Waals surface area contributed by atoms with Crippen LogP contribution in [0.1, 0.15) is 46.4 Å². The van der Waals surface area contributed by atoms with Gasteiger partial charge in [-0.2, -0.15) is 0 Å². The summed E-state index contributed by atoms with van der Waals surface area (Å²) in [6.45, 7) is 3.13. The zero-order valence-corrected chi connectivity index (χ0v) is 18.4. The van der Waals surface area contributed by atoms with Gasteiger partial charge in [-0.05, 0) is 43.2 Å². The molecule has 1 aliphatic carbocycles. The van der Waals surface area contributed by atoms with E-state index in [4.69, 9.17) is 0 Å². The quantitative estimate of drug-likeness (QED) is 0.703. The molecule has 6 nitrogen and oxygen atoms in total. The predicted octanol–water partition coefficient (Wildman–Crippen LogP) is 4.11. The Kier molecular flexibility index (Phi) is 6.39. The van der Waals surface area contributed by atoms with E-state index in [1.807, 2.05) is 6.07 Å². The molecular weight excluding hydrogens is 446 g/mol. The number of benzene rings is 2. The smallest absolute Gasteiger partial charge is 0.257 e. The summed E-state index contributed by atoms with van der Waals surface area (Å²) in [7, 11) is 0. The molecule has 2 N–H and O–H groups in total. The van der Waals surface area contributed by atoms with Gasteiger partial charge in [-0.1, -0.05) is 34.8 Å². The van der Waals surface area contributed by atoms with Crippen molar-refractivity contribution >= 4 is 33.4 Å². The second kappa shape index (κ2) is 9.18. The second-order valence-corrected chi connectivity index (χ2v) is 8.88. The molecule has 1 saturated heterocycles. The van der Waals surface area contributed by atoms with Gasteiger partial charge in [-0.25, -0.2) is 0 Å². The minimum absolute atomic E-state index is 0.120. The van der Waals surface area contributed by atoms with Crippen LogP contribution in [0.25, 0.3) is 0 Å². The van der Waals surface area contributed by atoms with Crippen LogP contribution >= 0.6 is 15.9 Å². The molecule has 0 atom stereocenters. The van der Waals surface area contributed by atoms with Crippen LogP contribution in [0.15, 0.2) is 46.9 Å². The summed E-state index contributed by atoms with van der Waals surface area (Å²) in [4.78, 5) is 29.6. The third kappa shape index (κ3) is 4.68. The van der Waals surface area contributed by atoms with E-state index >= 15 is 0 Å². The first-order valence-corrected chi connectivity index (χ1v) is 11.2. The number of hydrogen-bond donors (Lipinski definition) is 2. The lowest BCUT2D eigenvalue weighted by molar-refractivity contribution is 0.0570. The van der Waals surface area contributed by atoms with E-state index in [0.717, 1.165) is 17.6 Å². The number of piperazine rings is 1. The fourth-order valence-electron chi connectivity index (χ4n) is 4.35. The molecular formula is C23H26BrN3O3. The van der Waals surface area contributed by atoms with Crippen molar-refractivity contribution in [2.45, 2.75) is 31.7 Å². The number of aromatic hydroxyl groups is 1. The standard InChI is InChI=1S/C23H26BrN3O3/c24-17-5-3-4-16(14-17)22(29)25-18-8-9-20(21(28)15-18)23(30)27-12-10-26(11-13-27)19-6-1-2-7-19/h3-5,8-9,14-15,19,28H,1-2,6-7,10-13H2,(H,25,29). The van der Waals surface area contributed by atoms with Crippen molar-refractivity contribution in [1.82, 2.24) is 9.80 Å². The van der Waals surface area contributed by atoms with Crippen LogP contribution in [0.2, 0.25) is 0 Å². The van der Waals surface area contributed by atoms with Gasteiger partial charge < -0.3 is 15.3 Å². The first kappa shape index (κ1) is 20.9. The topological polar surface area (TPSA) is 72.9 Å².